The first kappa shape index (κ1) is 8.71. The molecule has 0 aliphatic carbocycles. The summed E-state index contributed by atoms with van der Waals surface area (Å²) in [6, 6.07) is 8.29. The van der Waals surface area contributed by atoms with Crippen molar-refractivity contribution in [3.05, 3.63) is 34.3 Å². The van der Waals surface area contributed by atoms with E-state index in [-0.39, 0.29) is 6.04 Å². The summed E-state index contributed by atoms with van der Waals surface area (Å²) >= 11 is 3.36. The van der Waals surface area contributed by atoms with E-state index in [4.69, 9.17) is 5.84 Å². The topological polar surface area (TPSA) is 38.0 Å². The van der Waals surface area contributed by atoms with Crippen LogP contribution >= 0.6 is 15.9 Å². The number of nitrogens with two attached hydrogens (primary N) is 1. The van der Waals surface area contributed by atoms with Gasteiger partial charge < -0.3 is 0 Å². The normalized spacial score (nSPS) is 13.0. The van der Waals surface area contributed by atoms with Gasteiger partial charge in [-0.25, -0.2) is 0 Å². The minimum atomic E-state index is 0.211. The Morgan fingerprint density at radius 3 is 2.36 bits per heavy atom. The van der Waals surface area contributed by atoms with E-state index < -0.39 is 0 Å². The lowest BCUT2D eigenvalue weighted by atomic mass is 10.1. The monoisotopic (exact) mass is 214 g/mol. The highest BCUT2D eigenvalue weighted by molar-refractivity contribution is 9.10. The van der Waals surface area contributed by atoms with E-state index in [9.17, 15) is 0 Å². The highest BCUT2D eigenvalue weighted by Crippen LogP contribution is 2.15. The predicted octanol–water partition coefficient (Wildman–Crippen LogP) is 1.97. The number of rotatable bonds is 2. The van der Waals surface area contributed by atoms with Crippen LogP contribution in [0.4, 0.5) is 0 Å². The summed E-state index contributed by atoms with van der Waals surface area (Å²) in [7, 11) is 0. The maximum absolute atomic E-state index is 5.28. The van der Waals surface area contributed by atoms with Crippen LogP contribution in [0.1, 0.15) is 18.5 Å². The number of nitrogens with one attached hydrogen (secondary N) is 1. The summed E-state index contributed by atoms with van der Waals surface area (Å²) in [5.41, 5.74) is 3.88. The highest BCUT2D eigenvalue weighted by Gasteiger charge is 2.00. The Kier molecular flexibility index (Phi) is 3.05. The molecule has 1 aromatic carbocycles. The molecule has 0 saturated heterocycles. The van der Waals surface area contributed by atoms with Crippen molar-refractivity contribution in [3.63, 3.8) is 0 Å². The molecule has 0 unspecified atom stereocenters. The van der Waals surface area contributed by atoms with Crippen molar-refractivity contribution in [1.29, 1.82) is 0 Å². The largest absolute Gasteiger partial charge is 0.271 e. The lowest BCUT2D eigenvalue weighted by molar-refractivity contribution is 0.602. The molecule has 0 saturated carbocycles. The Bertz CT molecular complexity index is 220. The summed E-state index contributed by atoms with van der Waals surface area (Å²) in [4.78, 5) is 0. The highest BCUT2D eigenvalue weighted by atomic mass is 79.9. The molecule has 0 aliphatic rings. The summed E-state index contributed by atoms with van der Waals surface area (Å²) < 4.78 is 1.09. The van der Waals surface area contributed by atoms with Gasteiger partial charge in [-0.15, -0.1) is 0 Å². The van der Waals surface area contributed by atoms with Gasteiger partial charge in [-0.1, -0.05) is 28.1 Å². The van der Waals surface area contributed by atoms with E-state index in [1.165, 1.54) is 5.56 Å². The Balaban J connectivity index is 2.81. The maximum atomic E-state index is 5.28. The second-order valence-corrected chi connectivity index (χ2v) is 3.36. The first-order chi connectivity index (χ1) is 5.24. The van der Waals surface area contributed by atoms with Crippen molar-refractivity contribution in [2.45, 2.75) is 13.0 Å². The zero-order chi connectivity index (χ0) is 8.27. The minimum absolute atomic E-state index is 0.211. The fraction of sp³-hybridized carbons (Fsp3) is 0.250. The van der Waals surface area contributed by atoms with Gasteiger partial charge in [0, 0.05) is 10.5 Å². The number of hydrogen-bond acceptors (Lipinski definition) is 2. The average Bonchev–Trinajstić information content (AvgIpc) is 2.05. The van der Waals surface area contributed by atoms with Gasteiger partial charge in [0.25, 0.3) is 0 Å². The van der Waals surface area contributed by atoms with Crippen LogP contribution in [0, 0.1) is 0 Å². The molecule has 3 heteroatoms. The fourth-order valence-electron chi connectivity index (χ4n) is 0.848. The van der Waals surface area contributed by atoms with Gasteiger partial charge in [0.2, 0.25) is 0 Å². The average molecular weight is 215 g/mol. The van der Waals surface area contributed by atoms with Gasteiger partial charge >= 0.3 is 0 Å². The van der Waals surface area contributed by atoms with Crippen LogP contribution in [0.15, 0.2) is 28.7 Å². The van der Waals surface area contributed by atoms with Gasteiger partial charge in [-0.05, 0) is 24.6 Å². The van der Waals surface area contributed by atoms with Crippen molar-refractivity contribution >= 4 is 15.9 Å². The second-order valence-electron chi connectivity index (χ2n) is 2.44. The zero-order valence-corrected chi connectivity index (χ0v) is 7.93. The molecular weight excluding hydrogens is 204 g/mol. The first-order valence-electron chi connectivity index (χ1n) is 3.45. The van der Waals surface area contributed by atoms with Crippen LogP contribution in [0.2, 0.25) is 0 Å². The van der Waals surface area contributed by atoms with E-state index >= 15 is 0 Å². The molecular formula is C8H11BrN2. The molecule has 0 bridgehead atoms. The van der Waals surface area contributed by atoms with E-state index in [2.05, 4.69) is 21.4 Å². The van der Waals surface area contributed by atoms with E-state index in [1.807, 2.05) is 31.2 Å². The van der Waals surface area contributed by atoms with Crippen LogP contribution in [0.5, 0.6) is 0 Å². The van der Waals surface area contributed by atoms with Crippen LogP contribution in [-0.4, -0.2) is 0 Å². The number of benzene rings is 1. The van der Waals surface area contributed by atoms with Crippen LogP contribution in [0.25, 0.3) is 0 Å². The Morgan fingerprint density at radius 1 is 1.36 bits per heavy atom. The Labute approximate surface area is 74.9 Å². The van der Waals surface area contributed by atoms with E-state index in [1.54, 1.807) is 0 Å². The van der Waals surface area contributed by atoms with Gasteiger partial charge in [-0.2, -0.15) is 0 Å². The van der Waals surface area contributed by atoms with Gasteiger partial charge in [0.05, 0.1) is 0 Å². The summed E-state index contributed by atoms with van der Waals surface area (Å²) in [5.74, 6) is 5.28. The van der Waals surface area contributed by atoms with Gasteiger partial charge in [0.1, 0.15) is 0 Å². The molecule has 1 rings (SSSR count). The molecule has 11 heavy (non-hydrogen) atoms. The first-order valence-corrected chi connectivity index (χ1v) is 4.25. The standard InChI is InChI=1S/C8H11BrN2/c1-6(11-10)7-2-4-8(9)5-3-7/h2-6,11H,10H2,1H3/t6-/m0/s1. The van der Waals surface area contributed by atoms with Crippen molar-refractivity contribution in [2.24, 2.45) is 5.84 Å². The fourth-order valence-corrected chi connectivity index (χ4v) is 1.11. The van der Waals surface area contributed by atoms with Crippen molar-refractivity contribution in [1.82, 2.24) is 5.43 Å². The lowest BCUT2D eigenvalue weighted by Crippen LogP contribution is -2.25. The van der Waals surface area contributed by atoms with Crippen molar-refractivity contribution in [3.8, 4) is 0 Å². The SMILES string of the molecule is C[C@H](NN)c1ccc(Br)cc1. The predicted molar refractivity (Wildman–Crippen MR) is 49.9 cm³/mol. The van der Waals surface area contributed by atoms with Gasteiger partial charge in [0.15, 0.2) is 0 Å². The minimum Gasteiger partial charge on any atom is -0.271 e. The molecule has 60 valence electrons. The molecule has 0 aromatic heterocycles. The smallest absolute Gasteiger partial charge is 0.0431 e. The zero-order valence-electron chi connectivity index (χ0n) is 6.34. The maximum Gasteiger partial charge on any atom is 0.0431 e. The molecule has 0 heterocycles. The van der Waals surface area contributed by atoms with Gasteiger partial charge in [-0.3, -0.25) is 11.3 Å². The molecule has 3 N–H and O–H groups in total. The van der Waals surface area contributed by atoms with E-state index in [0.717, 1.165) is 4.47 Å². The molecule has 1 aromatic rings. The van der Waals surface area contributed by atoms with Crippen LogP contribution in [0.3, 0.4) is 0 Å². The molecule has 0 amide bonds. The number of hydrogen-bond donors (Lipinski definition) is 2. The number of halogens is 1. The molecule has 0 fully saturated rings. The third kappa shape index (κ3) is 2.29. The quantitative estimate of drug-likeness (QED) is 0.584. The van der Waals surface area contributed by atoms with Crippen molar-refractivity contribution < 1.29 is 0 Å². The van der Waals surface area contributed by atoms with Crippen LogP contribution in [-0.2, 0) is 0 Å². The molecule has 0 radical (unpaired) electrons. The van der Waals surface area contributed by atoms with Crippen LogP contribution < -0.4 is 11.3 Å². The Hall–Kier alpha value is -0.380. The second kappa shape index (κ2) is 3.85. The third-order valence-electron chi connectivity index (χ3n) is 1.62. The van der Waals surface area contributed by atoms with E-state index in [0.29, 0.717) is 0 Å². The molecule has 1 atom stereocenters. The summed E-state index contributed by atoms with van der Waals surface area (Å²) in [6.07, 6.45) is 0. The molecule has 2 nitrogen and oxygen atoms in total. The Morgan fingerprint density at radius 2 is 1.91 bits per heavy atom. The third-order valence-corrected chi connectivity index (χ3v) is 2.15. The molecule has 0 spiro atoms. The lowest BCUT2D eigenvalue weighted by Gasteiger charge is -2.09. The molecule has 0 aliphatic heterocycles. The summed E-state index contributed by atoms with van der Waals surface area (Å²) in [6.45, 7) is 2.02. The number of hydrazine groups is 1. The van der Waals surface area contributed by atoms with Crippen molar-refractivity contribution in [2.75, 3.05) is 0 Å². The summed E-state index contributed by atoms with van der Waals surface area (Å²) in [5, 5.41) is 0.